The van der Waals surface area contributed by atoms with Crippen molar-refractivity contribution in [3.8, 4) is 0 Å². The van der Waals surface area contributed by atoms with Gasteiger partial charge in [0.15, 0.2) is 0 Å². The summed E-state index contributed by atoms with van der Waals surface area (Å²) in [5, 5.41) is 1.12. The number of nitrogens with zero attached hydrogens (tertiary/aromatic N) is 1. The van der Waals surface area contributed by atoms with E-state index in [1.54, 1.807) is 6.07 Å². The molecule has 0 aromatic heterocycles. The lowest BCUT2D eigenvalue weighted by atomic mass is 10.0. The summed E-state index contributed by atoms with van der Waals surface area (Å²) in [4.78, 5) is 2.26. The van der Waals surface area contributed by atoms with Gasteiger partial charge >= 0.3 is 0 Å². The third kappa shape index (κ3) is 4.72. The topological polar surface area (TPSA) is 29.3 Å². The van der Waals surface area contributed by atoms with Gasteiger partial charge in [0.1, 0.15) is 0 Å². The van der Waals surface area contributed by atoms with E-state index in [9.17, 15) is 0 Å². The lowest BCUT2D eigenvalue weighted by Gasteiger charge is -2.20. The summed E-state index contributed by atoms with van der Waals surface area (Å²) in [5.41, 5.74) is 8.45. The van der Waals surface area contributed by atoms with Crippen molar-refractivity contribution < 1.29 is 0 Å². The molecule has 0 amide bonds. The van der Waals surface area contributed by atoms with Gasteiger partial charge in [0.25, 0.3) is 0 Å². The molecule has 2 aromatic rings. The van der Waals surface area contributed by atoms with Crippen LogP contribution in [-0.4, -0.2) is 18.5 Å². The van der Waals surface area contributed by atoms with Crippen molar-refractivity contribution in [2.45, 2.75) is 19.0 Å². The molecule has 1 unspecified atom stereocenters. The highest BCUT2D eigenvalue weighted by Gasteiger charge is 2.13. The molecule has 2 rings (SSSR count). The predicted octanol–water partition coefficient (Wildman–Crippen LogP) is 4.52. The van der Waals surface area contributed by atoms with Crippen LogP contribution in [0.25, 0.3) is 0 Å². The zero-order chi connectivity index (χ0) is 15.2. The van der Waals surface area contributed by atoms with E-state index >= 15 is 0 Å². The molecular weight excluding hydrogens is 303 g/mol. The van der Waals surface area contributed by atoms with Crippen molar-refractivity contribution in [1.82, 2.24) is 4.90 Å². The van der Waals surface area contributed by atoms with Crippen LogP contribution in [0.3, 0.4) is 0 Å². The molecule has 0 aliphatic rings. The molecule has 0 aliphatic heterocycles. The fourth-order valence-electron chi connectivity index (χ4n) is 2.30. The summed E-state index contributed by atoms with van der Waals surface area (Å²) in [6.07, 6.45) is 0.837. The van der Waals surface area contributed by atoms with E-state index < -0.39 is 0 Å². The zero-order valence-corrected chi connectivity index (χ0v) is 13.6. The lowest BCUT2D eigenvalue weighted by Crippen LogP contribution is -2.23. The van der Waals surface area contributed by atoms with E-state index in [0.29, 0.717) is 10.0 Å². The van der Waals surface area contributed by atoms with Gasteiger partial charge in [-0.2, -0.15) is 0 Å². The highest BCUT2D eigenvalue weighted by atomic mass is 35.5. The Morgan fingerprint density at radius 1 is 1.05 bits per heavy atom. The minimum Gasteiger partial charge on any atom is -0.324 e. The molecule has 0 saturated heterocycles. The number of nitrogens with two attached hydrogens (primary N) is 1. The van der Waals surface area contributed by atoms with Gasteiger partial charge < -0.3 is 10.6 Å². The van der Waals surface area contributed by atoms with Gasteiger partial charge in [-0.1, -0.05) is 65.7 Å². The van der Waals surface area contributed by atoms with E-state index in [-0.39, 0.29) is 6.04 Å². The summed E-state index contributed by atoms with van der Waals surface area (Å²) in [6, 6.07) is 15.9. The summed E-state index contributed by atoms with van der Waals surface area (Å²) in [6.45, 7) is 1.82. The Morgan fingerprint density at radius 2 is 1.76 bits per heavy atom. The molecule has 112 valence electrons. The Morgan fingerprint density at radius 3 is 2.48 bits per heavy atom. The van der Waals surface area contributed by atoms with Crippen LogP contribution < -0.4 is 5.73 Å². The van der Waals surface area contributed by atoms with Gasteiger partial charge in [-0.05, 0) is 37.2 Å². The van der Waals surface area contributed by atoms with Crippen LogP contribution in [0.1, 0.15) is 23.6 Å². The highest BCUT2D eigenvalue weighted by molar-refractivity contribution is 6.42. The molecule has 2 N–H and O–H groups in total. The second kappa shape index (κ2) is 7.81. The molecule has 1 atom stereocenters. The number of benzene rings is 2. The van der Waals surface area contributed by atoms with Crippen molar-refractivity contribution in [3.63, 3.8) is 0 Å². The Balaban J connectivity index is 1.89. The molecule has 0 fully saturated rings. The van der Waals surface area contributed by atoms with Crippen molar-refractivity contribution in [3.05, 3.63) is 69.7 Å². The molecular formula is C17H20Cl2N2. The Kier molecular flexibility index (Phi) is 6.07. The first-order valence-electron chi connectivity index (χ1n) is 7.00. The maximum absolute atomic E-state index is 6.24. The van der Waals surface area contributed by atoms with E-state index in [4.69, 9.17) is 28.9 Å². The third-order valence-corrected chi connectivity index (χ3v) is 4.33. The van der Waals surface area contributed by atoms with Crippen molar-refractivity contribution in [1.29, 1.82) is 0 Å². The van der Waals surface area contributed by atoms with Crippen LogP contribution in [0.5, 0.6) is 0 Å². The average Bonchev–Trinajstić information content (AvgIpc) is 2.48. The van der Waals surface area contributed by atoms with E-state index in [0.717, 1.165) is 25.1 Å². The number of hydrogen-bond donors (Lipinski definition) is 1. The van der Waals surface area contributed by atoms with Gasteiger partial charge in [0, 0.05) is 12.6 Å². The monoisotopic (exact) mass is 322 g/mol. The zero-order valence-electron chi connectivity index (χ0n) is 12.1. The van der Waals surface area contributed by atoms with E-state index in [1.807, 2.05) is 18.2 Å². The van der Waals surface area contributed by atoms with Gasteiger partial charge in [0.05, 0.1) is 10.0 Å². The maximum atomic E-state index is 6.24. The molecule has 0 radical (unpaired) electrons. The molecule has 0 aliphatic carbocycles. The predicted molar refractivity (Wildman–Crippen MR) is 90.8 cm³/mol. The van der Waals surface area contributed by atoms with Gasteiger partial charge in [-0.15, -0.1) is 0 Å². The SMILES string of the molecule is CN(CCC(N)c1cccc(Cl)c1Cl)Cc1ccccc1. The third-order valence-electron chi connectivity index (χ3n) is 3.50. The van der Waals surface area contributed by atoms with E-state index in [1.165, 1.54) is 5.56 Å². The number of halogens is 2. The normalized spacial score (nSPS) is 12.6. The highest BCUT2D eigenvalue weighted by Crippen LogP contribution is 2.30. The second-order valence-corrected chi connectivity index (χ2v) is 6.05. The molecule has 21 heavy (non-hydrogen) atoms. The van der Waals surface area contributed by atoms with Crippen LogP contribution >= 0.6 is 23.2 Å². The fourth-order valence-corrected chi connectivity index (χ4v) is 2.74. The van der Waals surface area contributed by atoms with Crippen LogP contribution in [0, 0.1) is 0 Å². The van der Waals surface area contributed by atoms with Gasteiger partial charge in [0.2, 0.25) is 0 Å². The van der Waals surface area contributed by atoms with Crippen molar-refractivity contribution in [2.24, 2.45) is 5.73 Å². The van der Waals surface area contributed by atoms with Gasteiger partial charge in [-0.25, -0.2) is 0 Å². The van der Waals surface area contributed by atoms with E-state index in [2.05, 4.69) is 36.2 Å². The minimum atomic E-state index is -0.102. The molecule has 4 heteroatoms. The first-order valence-corrected chi connectivity index (χ1v) is 7.75. The standard InChI is InChI=1S/C17H20Cl2N2/c1-21(12-13-6-3-2-4-7-13)11-10-16(20)14-8-5-9-15(18)17(14)19/h2-9,16H,10-12,20H2,1H3. The molecule has 0 saturated carbocycles. The fraction of sp³-hybridized carbons (Fsp3) is 0.294. The summed E-state index contributed by atoms with van der Waals surface area (Å²) < 4.78 is 0. The molecule has 0 heterocycles. The molecule has 2 nitrogen and oxygen atoms in total. The second-order valence-electron chi connectivity index (χ2n) is 5.26. The summed E-state index contributed by atoms with van der Waals surface area (Å²) in [7, 11) is 2.10. The first kappa shape index (κ1) is 16.3. The summed E-state index contributed by atoms with van der Waals surface area (Å²) in [5.74, 6) is 0. The quantitative estimate of drug-likeness (QED) is 0.847. The summed E-state index contributed by atoms with van der Waals surface area (Å²) >= 11 is 12.2. The number of rotatable bonds is 6. The molecule has 0 spiro atoms. The Labute approximate surface area is 136 Å². The number of hydrogen-bond acceptors (Lipinski definition) is 2. The van der Waals surface area contributed by atoms with Crippen molar-refractivity contribution in [2.75, 3.05) is 13.6 Å². The van der Waals surface area contributed by atoms with Crippen LogP contribution in [0.15, 0.2) is 48.5 Å². The minimum absolute atomic E-state index is 0.102. The van der Waals surface area contributed by atoms with Crippen molar-refractivity contribution >= 4 is 23.2 Å². The largest absolute Gasteiger partial charge is 0.324 e. The van der Waals surface area contributed by atoms with Crippen LogP contribution in [0.2, 0.25) is 10.0 Å². The molecule has 2 aromatic carbocycles. The van der Waals surface area contributed by atoms with Crippen LogP contribution in [0.4, 0.5) is 0 Å². The Bertz CT molecular complexity index is 572. The lowest BCUT2D eigenvalue weighted by molar-refractivity contribution is 0.311. The first-order chi connectivity index (χ1) is 10.1. The Hall–Kier alpha value is -1.06. The van der Waals surface area contributed by atoms with Gasteiger partial charge in [-0.3, -0.25) is 0 Å². The average molecular weight is 323 g/mol. The molecule has 0 bridgehead atoms. The van der Waals surface area contributed by atoms with Crippen LogP contribution in [-0.2, 0) is 6.54 Å². The smallest absolute Gasteiger partial charge is 0.0640 e. The maximum Gasteiger partial charge on any atom is 0.0640 e.